The third-order valence-electron chi connectivity index (χ3n) is 11.8. The van der Waals surface area contributed by atoms with Crippen LogP contribution in [0.5, 0.6) is 0 Å². The molecule has 62 heavy (non-hydrogen) atoms. The molecule has 0 aliphatic carbocycles. The number of carbonyl (C=O) groups excluding carboxylic acids is 4. The molecule has 11 nitrogen and oxygen atoms in total. The zero-order valence-electron chi connectivity index (χ0n) is 40.8. The van der Waals surface area contributed by atoms with Crippen LogP contribution in [0.1, 0.15) is 233 Å². The Kier molecular flexibility index (Phi) is 42.4. The number of nitrogens with zero attached hydrogens (tertiary/aromatic N) is 1. The first-order chi connectivity index (χ1) is 30.1. The van der Waals surface area contributed by atoms with Gasteiger partial charge in [-0.1, -0.05) is 156 Å². The summed E-state index contributed by atoms with van der Waals surface area (Å²) in [6.07, 6.45) is 29.8. The van der Waals surface area contributed by atoms with Gasteiger partial charge in [-0.15, -0.1) is 0 Å². The van der Waals surface area contributed by atoms with Crippen molar-refractivity contribution in [3.8, 4) is 0 Å². The smallest absolute Gasteiger partial charge is 0.308 e. The maximum atomic E-state index is 13.0. The van der Waals surface area contributed by atoms with Gasteiger partial charge in [0.05, 0.1) is 37.8 Å². The molecule has 0 aliphatic heterocycles. The highest BCUT2D eigenvalue weighted by molar-refractivity contribution is 5.73. The number of aliphatic hydroxyl groups is 2. The molecule has 0 saturated carbocycles. The Morgan fingerprint density at radius 1 is 0.468 bits per heavy atom. The van der Waals surface area contributed by atoms with Crippen LogP contribution in [0.15, 0.2) is 0 Å². The number of unbranched alkanes of at least 4 members (excludes halogenated alkanes) is 20. The first-order valence-corrected chi connectivity index (χ1v) is 25.8. The number of hydrogen-bond donors (Lipinski definition) is 2. The van der Waals surface area contributed by atoms with Gasteiger partial charge in [-0.05, 0) is 71.3 Å². The maximum absolute atomic E-state index is 13.0. The average Bonchev–Trinajstić information content (AvgIpc) is 3.25. The molecule has 0 aromatic carbocycles. The number of rotatable bonds is 46. The summed E-state index contributed by atoms with van der Waals surface area (Å²) in [5.41, 5.74) is 0. The molecular formula is C51H97NO10. The molecule has 3 unspecified atom stereocenters. The summed E-state index contributed by atoms with van der Waals surface area (Å²) in [6.45, 7) is 9.39. The molecule has 4 atom stereocenters. The Morgan fingerprint density at radius 3 is 1.26 bits per heavy atom. The van der Waals surface area contributed by atoms with Gasteiger partial charge in [-0.3, -0.25) is 24.1 Å². The zero-order chi connectivity index (χ0) is 45.9. The van der Waals surface area contributed by atoms with Gasteiger partial charge in [-0.25, -0.2) is 0 Å². The first kappa shape index (κ1) is 59.8. The van der Waals surface area contributed by atoms with E-state index in [1.165, 1.54) is 89.9 Å². The van der Waals surface area contributed by atoms with Gasteiger partial charge >= 0.3 is 23.9 Å². The van der Waals surface area contributed by atoms with E-state index in [2.05, 4.69) is 27.7 Å². The molecule has 11 heteroatoms. The molecule has 0 aromatic rings. The van der Waals surface area contributed by atoms with Crippen LogP contribution in [-0.4, -0.2) is 97.8 Å². The highest BCUT2D eigenvalue weighted by Crippen LogP contribution is 2.22. The van der Waals surface area contributed by atoms with E-state index >= 15 is 0 Å². The van der Waals surface area contributed by atoms with Crippen molar-refractivity contribution in [3.63, 3.8) is 0 Å². The van der Waals surface area contributed by atoms with E-state index in [9.17, 15) is 29.4 Å². The summed E-state index contributed by atoms with van der Waals surface area (Å²) in [5.74, 6) is -1.03. The molecule has 0 heterocycles. The lowest BCUT2D eigenvalue weighted by Crippen LogP contribution is -2.40. The van der Waals surface area contributed by atoms with E-state index in [1.807, 2.05) is 0 Å². The van der Waals surface area contributed by atoms with E-state index in [4.69, 9.17) is 18.9 Å². The minimum absolute atomic E-state index is 0.0280. The average molecular weight is 884 g/mol. The minimum Gasteiger partial charge on any atom is -0.465 e. The van der Waals surface area contributed by atoms with Crippen molar-refractivity contribution >= 4 is 23.9 Å². The second-order valence-electron chi connectivity index (χ2n) is 18.0. The Hall–Kier alpha value is -2.24. The summed E-state index contributed by atoms with van der Waals surface area (Å²) in [5, 5.41) is 19.2. The van der Waals surface area contributed by atoms with E-state index in [1.54, 1.807) is 11.9 Å². The molecule has 2 N–H and O–H groups in total. The lowest BCUT2D eigenvalue weighted by molar-refractivity contribution is -0.160. The van der Waals surface area contributed by atoms with Gasteiger partial charge in [0.15, 0.2) is 0 Å². The molecule has 0 aliphatic rings. The van der Waals surface area contributed by atoms with Crippen LogP contribution in [0, 0.1) is 11.8 Å². The van der Waals surface area contributed by atoms with Crippen molar-refractivity contribution < 1.29 is 48.3 Å². The molecule has 0 bridgehead atoms. The fraction of sp³-hybridized carbons (Fsp3) is 0.922. The van der Waals surface area contributed by atoms with Gasteiger partial charge in [0.25, 0.3) is 0 Å². The molecule has 0 radical (unpaired) electrons. The number of likely N-dealkylation sites (N-methyl/N-ethyl adjacent to an activating group) is 1. The molecule has 0 aromatic heterocycles. The lowest BCUT2D eigenvalue weighted by atomic mass is 9.94. The maximum Gasteiger partial charge on any atom is 0.308 e. The van der Waals surface area contributed by atoms with Crippen molar-refractivity contribution in [2.75, 3.05) is 46.6 Å². The molecule has 0 fully saturated rings. The second kappa shape index (κ2) is 44.0. The second-order valence-corrected chi connectivity index (χ2v) is 18.0. The predicted molar refractivity (Wildman–Crippen MR) is 251 cm³/mol. The van der Waals surface area contributed by atoms with Crippen LogP contribution in [0.2, 0.25) is 0 Å². The van der Waals surface area contributed by atoms with Gasteiger partial charge in [0.2, 0.25) is 0 Å². The number of carbonyl (C=O) groups is 4. The minimum atomic E-state index is -0.948. The van der Waals surface area contributed by atoms with Gasteiger partial charge in [0.1, 0.15) is 12.7 Å². The Balaban J connectivity index is 4.72. The quantitative estimate of drug-likeness (QED) is 0.0342. The van der Waals surface area contributed by atoms with Gasteiger partial charge < -0.3 is 29.2 Å². The summed E-state index contributed by atoms with van der Waals surface area (Å²) in [4.78, 5) is 53.2. The third kappa shape index (κ3) is 37.2. The largest absolute Gasteiger partial charge is 0.465 e. The van der Waals surface area contributed by atoms with Gasteiger partial charge in [-0.2, -0.15) is 0 Å². The predicted octanol–water partition coefficient (Wildman–Crippen LogP) is 11.6. The van der Waals surface area contributed by atoms with Crippen LogP contribution < -0.4 is 0 Å². The Bertz CT molecular complexity index is 1060. The molecule has 0 rings (SSSR count). The summed E-state index contributed by atoms with van der Waals surface area (Å²) >= 11 is 0. The van der Waals surface area contributed by atoms with E-state index in [0.717, 1.165) is 70.6 Å². The van der Waals surface area contributed by atoms with Crippen LogP contribution >= 0.6 is 0 Å². The summed E-state index contributed by atoms with van der Waals surface area (Å²) < 4.78 is 22.7. The first-order valence-electron chi connectivity index (χ1n) is 25.8. The number of aliphatic hydroxyl groups excluding tert-OH is 2. The van der Waals surface area contributed by atoms with Crippen LogP contribution in [0.25, 0.3) is 0 Å². The Morgan fingerprint density at radius 2 is 0.839 bits per heavy atom. The molecule has 366 valence electrons. The van der Waals surface area contributed by atoms with Crippen molar-refractivity contribution in [2.24, 2.45) is 11.8 Å². The summed E-state index contributed by atoms with van der Waals surface area (Å²) in [7, 11) is 1.74. The standard InChI is InChI=1S/C51H97NO10/c1-6-10-14-18-20-26-34-44(32-24-16-12-8-3)50(57)59-38-30-22-28-36-48(55)61-43-47(41-52(5)40-46(54)42-53)62-49(56)37-29-23-31-39-60-51(58)45(33-25-17-13-9-4)35-27-21-19-15-11-7-2/h44-47,53-54H,6-43H2,1-5H3/t44?,45-,46?,47?/m0/s1. The van der Waals surface area contributed by atoms with Crippen LogP contribution in [0.3, 0.4) is 0 Å². The van der Waals surface area contributed by atoms with E-state index in [-0.39, 0.29) is 56.3 Å². The summed E-state index contributed by atoms with van der Waals surface area (Å²) in [6, 6.07) is 0. The molecule has 0 spiro atoms. The van der Waals surface area contributed by atoms with Crippen molar-refractivity contribution in [1.82, 2.24) is 4.90 Å². The fourth-order valence-electron chi connectivity index (χ4n) is 7.88. The number of esters is 4. The van der Waals surface area contributed by atoms with Crippen molar-refractivity contribution in [3.05, 3.63) is 0 Å². The van der Waals surface area contributed by atoms with Crippen molar-refractivity contribution in [2.45, 2.75) is 245 Å². The van der Waals surface area contributed by atoms with Crippen LogP contribution in [-0.2, 0) is 38.1 Å². The number of hydrogen-bond acceptors (Lipinski definition) is 11. The van der Waals surface area contributed by atoms with E-state index in [0.29, 0.717) is 45.3 Å². The fourth-order valence-corrected chi connectivity index (χ4v) is 7.88. The van der Waals surface area contributed by atoms with Crippen molar-refractivity contribution in [1.29, 1.82) is 0 Å². The van der Waals surface area contributed by atoms with Crippen LogP contribution in [0.4, 0.5) is 0 Å². The monoisotopic (exact) mass is 884 g/mol. The number of ether oxygens (including phenoxy) is 4. The third-order valence-corrected chi connectivity index (χ3v) is 11.8. The lowest BCUT2D eigenvalue weighted by Gasteiger charge is -2.25. The SMILES string of the molecule is CCCCCCCCC(CCCCCC)C(=O)OCCCCCC(=O)OCC(CN(C)CC(O)CO)OC(=O)CCCCCOC(=O)[C@@H](CCCCCC)CCCCCCCC. The highest BCUT2D eigenvalue weighted by Gasteiger charge is 2.22. The normalized spacial score (nSPS) is 13.4. The molecule has 0 saturated heterocycles. The van der Waals surface area contributed by atoms with Gasteiger partial charge in [0, 0.05) is 25.9 Å². The van der Waals surface area contributed by atoms with E-state index < -0.39 is 30.8 Å². The zero-order valence-corrected chi connectivity index (χ0v) is 40.8. The molecular weight excluding hydrogens is 787 g/mol. The topological polar surface area (TPSA) is 149 Å². The molecule has 0 amide bonds. The highest BCUT2D eigenvalue weighted by atomic mass is 16.6. The Labute approximate surface area is 379 Å².